The first-order chi connectivity index (χ1) is 13.6. The summed E-state index contributed by atoms with van der Waals surface area (Å²) in [4.78, 5) is 25.9. The minimum atomic E-state index is -0.410. The molecule has 0 atom stereocenters. The van der Waals surface area contributed by atoms with Crippen LogP contribution in [0.4, 0.5) is 0 Å². The van der Waals surface area contributed by atoms with E-state index in [0.717, 1.165) is 16.5 Å². The lowest BCUT2D eigenvalue weighted by Crippen LogP contribution is -2.36. The summed E-state index contributed by atoms with van der Waals surface area (Å²) >= 11 is 0. The summed E-state index contributed by atoms with van der Waals surface area (Å²) in [5.74, 6) is 0.327. The summed E-state index contributed by atoms with van der Waals surface area (Å²) in [7, 11) is 1.60. The second-order valence-electron chi connectivity index (χ2n) is 6.49. The van der Waals surface area contributed by atoms with Gasteiger partial charge in [-0.1, -0.05) is 30.3 Å². The minimum absolute atomic E-state index is 0.113. The fourth-order valence-electron chi connectivity index (χ4n) is 2.93. The first-order valence-corrected chi connectivity index (χ1v) is 9.05. The largest absolute Gasteiger partial charge is 0.484 e. The van der Waals surface area contributed by atoms with E-state index in [4.69, 9.17) is 13.9 Å². The van der Waals surface area contributed by atoms with Crippen LogP contribution in [0, 0.1) is 6.92 Å². The van der Waals surface area contributed by atoms with Crippen molar-refractivity contribution < 1.29 is 18.7 Å². The van der Waals surface area contributed by atoms with E-state index < -0.39 is 5.63 Å². The topological polar surface area (TPSA) is 69.0 Å². The predicted molar refractivity (Wildman–Crippen MR) is 106 cm³/mol. The molecule has 0 aliphatic rings. The molecule has 6 heteroatoms. The molecule has 6 nitrogen and oxygen atoms in total. The molecule has 0 unspecified atom stereocenters. The quantitative estimate of drug-likeness (QED) is 0.561. The third-order valence-electron chi connectivity index (χ3n) is 4.42. The second-order valence-corrected chi connectivity index (χ2v) is 6.49. The Morgan fingerprint density at radius 3 is 2.64 bits per heavy atom. The Balaban J connectivity index is 1.69. The first kappa shape index (κ1) is 19.6. The van der Waals surface area contributed by atoms with Crippen molar-refractivity contribution in [3.05, 3.63) is 76.1 Å². The number of hydrogen-bond donors (Lipinski definition) is 0. The average Bonchev–Trinajstić information content (AvgIpc) is 2.69. The lowest BCUT2D eigenvalue weighted by Gasteiger charge is -2.22. The molecule has 0 aliphatic heterocycles. The molecule has 1 heterocycles. The van der Waals surface area contributed by atoms with Gasteiger partial charge in [-0.3, -0.25) is 4.79 Å². The Kier molecular flexibility index (Phi) is 6.45. The van der Waals surface area contributed by atoms with Gasteiger partial charge in [0.05, 0.1) is 6.61 Å². The number of ether oxygens (including phenoxy) is 2. The van der Waals surface area contributed by atoms with Crippen molar-refractivity contribution in [2.75, 3.05) is 26.9 Å². The van der Waals surface area contributed by atoms with Gasteiger partial charge in [0.25, 0.3) is 5.91 Å². The molecule has 0 radical (unpaired) electrons. The van der Waals surface area contributed by atoms with Crippen LogP contribution in [0.25, 0.3) is 11.0 Å². The Hall–Kier alpha value is -3.12. The van der Waals surface area contributed by atoms with Crippen LogP contribution in [-0.2, 0) is 16.1 Å². The highest BCUT2D eigenvalue weighted by Crippen LogP contribution is 2.22. The van der Waals surface area contributed by atoms with Gasteiger partial charge < -0.3 is 18.8 Å². The van der Waals surface area contributed by atoms with Gasteiger partial charge in [-0.05, 0) is 30.2 Å². The van der Waals surface area contributed by atoms with E-state index in [9.17, 15) is 9.59 Å². The maximum atomic E-state index is 12.7. The zero-order valence-electron chi connectivity index (χ0n) is 16.0. The summed E-state index contributed by atoms with van der Waals surface area (Å²) in [6, 6.07) is 16.4. The number of carbonyl (C=O) groups excluding carboxylic acids is 1. The van der Waals surface area contributed by atoms with Crippen molar-refractivity contribution in [3.63, 3.8) is 0 Å². The van der Waals surface area contributed by atoms with Crippen LogP contribution in [0.3, 0.4) is 0 Å². The van der Waals surface area contributed by atoms with Crippen LogP contribution in [0.1, 0.15) is 11.1 Å². The number of aryl methyl sites for hydroxylation is 1. The van der Waals surface area contributed by atoms with Gasteiger partial charge in [0.2, 0.25) is 0 Å². The number of nitrogens with zero attached hydrogens (tertiary/aromatic N) is 1. The third-order valence-corrected chi connectivity index (χ3v) is 4.42. The van der Waals surface area contributed by atoms with Gasteiger partial charge in [-0.2, -0.15) is 0 Å². The van der Waals surface area contributed by atoms with Crippen LogP contribution >= 0.6 is 0 Å². The third kappa shape index (κ3) is 4.98. The number of methoxy groups -OCH3 is 1. The molecule has 0 bridgehead atoms. The van der Waals surface area contributed by atoms with Gasteiger partial charge in [-0.25, -0.2) is 4.79 Å². The summed E-state index contributed by atoms with van der Waals surface area (Å²) in [6.45, 7) is 3.13. The van der Waals surface area contributed by atoms with E-state index in [-0.39, 0.29) is 12.5 Å². The highest BCUT2D eigenvalue weighted by molar-refractivity contribution is 5.81. The van der Waals surface area contributed by atoms with Crippen molar-refractivity contribution in [3.8, 4) is 5.75 Å². The van der Waals surface area contributed by atoms with Gasteiger partial charge in [-0.15, -0.1) is 0 Å². The maximum absolute atomic E-state index is 12.7. The molecule has 1 aromatic heterocycles. The molecule has 0 saturated carbocycles. The summed E-state index contributed by atoms with van der Waals surface area (Å²) < 4.78 is 16.0. The van der Waals surface area contributed by atoms with Crippen molar-refractivity contribution in [2.24, 2.45) is 0 Å². The van der Waals surface area contributed by atoms with Crippen molar-refractivity contribution >= 4 is 16.9 Å². The molecule has 3 rings (SSSR count). The molecule has 28 heavy (non-hydrogen) atoms. The zero-order valence-corrected chi connectivity index (χ0v) is 16.0. The van der Waals surface area contributed by atoms with Crippen LogP contribution in [0.15, 0.2) is 63.8 Å². The van der Waals surface area contributed by atoms with Crippen molar-refractivity contribution in [2.45, 2.75) is 13.5 Å². The Morgan fingerprint density at radius 2 is 1.89 bits per heavy atom. The van der Waals surface area contributed by atoms with Gasteiger partial charge >= 0.3 is 5.63 Å². The van der Waals surface area contributed by atoms with Gasteiger partial charge in [0.1, 0.15) is 11.3 Å². The predicted octanol–water partition coefficient (Wildman–Crippen LogP) is 3.16. The van der Waals surface area contributed by atoms with E-state index in [1.165, 1.54) is 6.07 Å². The molecule has 1 amide bonds. The maximum Gasteiger partial charge on any atom is 0.336 e. The van der Waals surface area contributed by atoms with Crippen molar-refractivity contribution in [1.82, 2.24) is 4.90 Å². The van der Waals surface area contributed by atoms with Gasteiger partial charge in [0, 0.05) is 37.7 Å². The van der Waals surface area contributed by atoms with Crippen LogP contribution < -0.4 is 10.4 Å². The normalized spacial score (nSPS) is 10.8. The Labute approximate surface area is 163 Å². The number of amides is 1. The highest BCUT2D eigenvalue weighted by Gasteiger charge is 2.15. The standard InChI is InChI=1S/C22H23NO5/c1-16-12-22(25)28-20-13-18(8-9-19(16)20)27-15-21(24)23(10-11-26-2)14-17-6-4-3-5-7-17/h3-9,12-13H,10-11,14-15H2,1-2H3. The Morgan fingerprint density at radius 1 is 1.11 bits per heavy atom. The second kappa shape index (κ2) is 9.19. The summed E-state index contributed by atoms with van der Waals surface area (Å²) in [5.41, 5.74) is 1.90. The summed E-state index contributed by atoms with van der Waals surface area (Å²) in [5, 5.41) is 0.837. The van der Waals surface area contributed by atoms with Crippen molar-refractivity contribution in [1.29, 1.82) is 0 Å². The highest BCUT2D eigenvalue weighted by atomic mass is 16.5. The van der Waals surface area contributed by atoms with E-state index in [1.54, 1.807) is 24.1 Å². The van der Waals surface area contributed by atoms with Crippen LogP contribution in [-0.4, -0.2) is 37.7 Å². The summed E-state index contributed by atoms with van der Waals surface area (Å²) in [6.07, 6.45) is 0. The lowest BCUT2D eigenvalue weighted by molar-refractivity contribution is -0.134. The minimum Gasteiger partial charge on any atom is -0.484 e. The molecule has 0 fully saturated rings. The van der Waals surface area contributed by atoms with Crippen LogP contribution in [0.2, 0.25) is 0 Å². The number of fused-ring (bicyclic) bond motifs is 1. The van der Waals surface area contributed by atoms with E-state index >= 15 is 0 Å². The zero-order chi connectivity index (χ0) is 19.9. The monoisotopic (exact) mass is 381 g/mol. The smallest absolute Gasteiger partial charge is 0.336 e. The molecule has 0 aliphatic carbocycles. The first-order valence-electron chi connectivity index (χ1n) is 9.05. The lowest BCUT2D eigenvalue weighted by atomic mass is 10.1. The van der Waals surface area contributed by atoms with E-state index in [1.807, 2.05) is 43.3 Å². The Bertz CT molecular complexity index is 997. The molecule has 2 aromatic carbocycles. The number of hydrogen-bond acceptors (Lipinski definition) is 5. The molecular formula is C22H23NO5. The molecule has 0 spiro atoms. The van der Waals surface area contributed by atoms with E-state index in [0.29, 0.717) is 31.0 Å². The van der Waals surface area contributed by atoms with E-state index in [2.05, 4.69) is 0 Å². The number of benzene rings is 2. The molecular weight excluding hydrogens is 358 g/mol. The fourth-order valence-corrected chi connectivity index (χ4v) is 2.93. The number of carbonyl (C=O) groups is 1. The SMILES string of the molecule is COCCN(Cc1ccccc1)C(=O)COc1ccc2c(C)cc(=O)oc2c1. The molecule has 3 aromatic rings. The van der Waals surface area contributed by atoms with Gasteiger partial charge in [0.15, 0.2) is 6.61 Å². The number of rotatable bonds is 8. The fraction of sp³-hybridized carbons (Fsp3) is 0.273. The molecule has 0 saturated heterocycles. The molecule has 146 valence electrons. The average molecular weight is 381 g/mol. The van der Waals surface area contributed by atoms with Crippen LogP contribution in [0.5, 0.6) is 5.75 Å². The molecule has 0 N–H and O–H groups in total.